The van der Waals surface area contributed by atoms with E-state index < -0.39 is 0 Å². The standard InChI is InChI=1S/C13H16N2O/c16-11-15-13(7-3-1-4-8-13)10-12-6-2-5-9-14-12/h2,5-6,9H,1,3-4,7-8,10H2. The maximum atomic E-state index is 10.6. The largest absolute Gasteiger partial charge is 0.261 e. The van der Waals surface area contributed by atoms with E-state index in [1.165, 1.54) is 6.42 Å². The fourth-order valence-electron chi connectivity index (χ4n) is 2.47. The molecule has 2 rings (SSSR count). The number of pyridine rings is 1. The zero-order valence-electron chi connectivity index (χ0n) is 9.35. The van der Waals surface area contributed by atoms with Crippen molar-refractivity contribution in [2.45, 2.75) is 44.1 Å². The van der Waals surface area contributed by atoms with Gasteiger partial charge in [0.1, 0.15) is 0 Å². The molecule has 0 N–H and O–H groups in total. The molecule has 84 valence electrons. The predicted octanol–water partition coefficient (Wildman–Crippen LogP) is 2.66. The highest BCUT2D eigenvalue weighted by Crippen LogP contribution is 2.34. The van der Waals surface area contributed by atoms with E-state index in [2.05, 4.69) is 9.98 Å². The van der Waals surface area contributed by atoms with Crippen LogP contribution >= 0.6 is 0 Å². The van der Waals surface area contributed by atoms with Gasteiger partial charge in [0.25, 0.3) is 0 Å². The van der Waals surface area contributed by atoms with Gasteiger partial charge in [0.2, 0.25) is 6.08 Å². The van der Waals surface area contributed by atoms with E-state index in [-0.39, 0.29) is 5.54 Å². The summed E-state index contributed by atoms with van der Waals surface area (Å²) in [5.41, 5.74) is 0.789. The first-order valence-electron chi connectivity index (χ1n) is 5.84. The molecule has 0 amide bonds. The average molecular weight is 216 g/mol. The van der Waals surface area contributed by atoms with Crippen LogP contribution < -0.4 is 0 Å². The Morgan fingerprint density at radius 2 is 2.12 bits per heavy atom. The Labute approximate surface area is 95.6 Å². The second kappa shape index (κ2) is 5.04. The monoisotopic (exact) mass is 216 g/mol. The Kier molecular flexibility index (Phi) is 3.47. The Morgan fingerprint density at radius 1 is 1.31 bits per heavy atom. The lowest BCUT2D eigenvalue weighted by Gasteiger charge is -2.31. The minimum absolute atomic E-state index is 0.228. The molecule has 3 heteroatoms. The molecule has 1 aromatic heterocycles. The number of hydrogen-bond donors (Lipinski definition) is 0. The highest BCUT2D eigenvalue weighted by atomic mass is 16.1. The van der Waals surface area contributed by atoms with Crippen molar-refractivity contribution in [3.05, 3.63) is 30.1 Å². The van der Waals surface area contributed by atoms with Gasteiger partial charge in [-0.3, -0.25) is 4.98 Å². The van der Waals surface area contributed by atoms with Crippen molar-refractivity contribution < 1.29 is 4.79 Å². The molecular formula is C13H16N2O. The minimum atomic E-state index is -0.228. The van der Waals surface area contributed by atoms with Gasteiger partial charge < -0.3 is 0 Å². The van der Waals surface area contributed by atoms with Gasteiger partial charge in [-0.2, -0.15) is 4.99 Å². The summed E-state index contributed by atoms with van der Waals surface area (Å²) in [5, 5.41) is 0. The van der Waals surface area contributed by atoms with Crippen LogP contribution in [0.1, 0.15) is 37.8 Å². The number of rotatable bonds is 3. The third kappa shape index (κ3) is 2.56. The molecular weight excluding hydrogens is 200 g/mol. The minimum Gasteiger partial charge on any atom is -0.261 e. The van der Waals surface area contributed by atoms with Gasteiger partial charge in [0.05, 0.1) is 5.54 Å². The Balaban J connectivity index is 2.17. The average Bonchev–Trinajstić information content (AvgIpc) is 2.31. The summed E-state index contributed by atoms with van der Waals surface area (Å²) < 4.78 is 0. The topological polar surface area (TPSA) is 42.3 Å². The van der Waals surface area contributed by atoms with E-state index in [0.29, 0.717) is 0 Å². The lowest BCUT2D eigenvalue weighted by molar-refractivity contribution is 0.294. The second-order valence-electron chi connectivity index (χ2n) is 4.49. The predicted molar refractivity (Wildman–Crippen MR) is 61.9 cm³/mol. The van der Waals surface area contributed by atoms with Gasteiger partial charge in [-0.25, -0.2) is 4.79 Å². The van der Waals surface area contributed by atoms with Crippen molar-refractivity contribution in [2.75, 3.05) is 0 Å². The lowest BCUT2D eigenvalue weighted by Crippen LogP contribution is -2.32. The van der Waals surface area contributed by atoms with Crippen molar-refractivity contribution in [2.24, 2.45) is 4.99 Å². The highest BCUT2D eigenvalue weighted by Gasteiger charge is 2.32. The summed E-state index contributed by atoms with van der Waals surface area (Å²) in [5.74, 6) is 0. The maximum absolute atomic E-state index is 10.6. The number of aliphatic imine (C=N–C) groups is 1. The molecule has 1 fully saturated rings. The first-order valence-corrected chi connectivity index (χ1v) is 5.84. The number of hydrogen-bond acceptors (Lipinski definition) is 3. The van der Waals surface area contributed by atoms with Gasteiger partial charge in [0, 0.05) is 18.3 Å². The van der Waals surface area contributed by atoms with Crippen molar-refractivity contribution >= 4 is 6.08 Å². The quantitative estimate of drug-likeness (QED) is 0.576. The van der Waals surface area contributed by atoms with Crippen molar-refractivity contribution in [3.8, 4) is 0 Å². The van der Waals surface area contributed by atoms with E-state index in [0.717, 1.165) is 37.8 Å². The fraction of sp³-hybridized carbons (Fsp3) is 0.538. The molecule has 1 aliphatic carbocycles. The van der Waals surface area contributed by atoms with E-state index in [4.69, 9.17) is 0 Å². The number of carbonyl (C=O) groups excluding carboxylic acids is 1. The van der Waals surface area contributed by atoms with Crippen LogP contribution in [0.3, 0.4) is 0 Å². The first-order chi connectivity index (χ1) is 7.85. The molecule has 1 saturated carbocycles. The summed E-state index contributed by atoms with van der Waals surface area (Å²) in [6, 6.07) is 5.88. The van der Waals surface area contributed by atoms with Crippen LogP contribution in [0, 0.1) is 0 Å². The van der Waals surface area contributed by atoms with Gasteiger partial charge in [-0.1, -0.05) is 25.3 Å². The maximum Gasteiger partial charge on any atom is 0.235 e. The molecule has 1 aliphatic rings. The molecule has 3 nitrogen and oxygen atoms in total. The third-order valence-corrected chi connectivity index (χ3v) is 3.30. The summed E-state index contributed by atoms with van der Waals surface area (Å²) in [6.07, 6.45) is 9.82. The fourth-order valence-corrected chi connectivity index (χ4v) is 2.47. The summed E-state index contributed by atoms with van der Waals surface area (Å²) in [4.78, 5) is 18.9. The molecule has 0 bridgehead atoms. The van der Waals surface area contributed by atoms with Gasteiger partial charge in [0.15, 0.2) is 0 Å². The smallest absolute Gasteiger partial charge is 0.235 e. The van der Waals surface area contributed by atoms with Crippen LogP contribution in [0.4, 0.5) is 0 Å². The number of nitrogens with zero attached hydrogens (tertiary/aromatic N) is 2. The van der Waals surface area contributed by atoms with E-state index in [9.17, 15) is 4.79 Å². The Hall–Kier alpha value is -1.47. The highest BCUT2D eigenvalue weighted by molar-refractivity contribution is 5.35. The van der Waals surface area contributed by atoms with Crippen molar-refractivity contribution in [1.82, 2.24) is 4.98 Å². The van der Waals surface area contributed by atoms with Crippen LogP contribution in [0.5, 0.6) is 0 Å². The van der Waals surface area contributed by atoms with Gasteiger partial charge in [-0.05, 0) is 25.0 Å². The van der Waals surface area contributed by atoms with Crippen LogP contribution in [0.25, 0.3) is 0 Å². The number of isocyanates is 1. The molecule has 0 unspecified atom stereocenters. The molecule has 1 heterocycles. The molecule has 0 spiro atoms. The first kappa shape index (κ1) is 11.0. The van der Waals surface area contributed by atoms with Crippen molar-refractivity contribution in [3.63, 3.8) is 0 Å². The zero-order valence-corrected chi connectivity index (χ0v) is 9.35. The van der Waals surface area contributed by atoms with E-state index >= 15 is 0 Å². The number of aromatic nitrogens is 1. The van der Waals surface area contributed by atoms with E-state index in [1.54, 1.807) is 12.3 Å². The molecule has 0 aliphatic heterocycles. The Morgan fingerprint density at radius 3 is 2.75 bits per heavy atom. The van der Waals surface area contributed by atoms with Crippen LogP contribution in [0.15, 0.2) is 29.4 Å². The lowest BCUT2D eigenvalue weighted by atomic mass is 9.79. The molecule has 1 aromatic rings. The van der Waals surface area contributed by atoms with E-state index in [1.807, 2.05) is 18.2 Å². The van der Waals surface area contributed by atoms with Crippen LogP contribution in [0.2, 0.25) is 0 Å². The molecule has 0 saturated heterocycles. The molecule has 16 heavy (non-hydrogen) atoms. The summed E-state index contributed by atoms with van der Waals surface area (Å²) in [7, 11) is 0. The second-order valence-corrected chi connectivity index (χ2v) is 4.49. The molecule has 0 aromatic carbocycles. The Bertz CT molecular complexity index is 376. The van der Waals surface area contributed by atoms with Crippen LogP contribution in [-0.2, 0) is 11.2 Å². The zero-order chi connectivity index (χ0) is 11.3. The molecule has 0 atom stereocenters. The van der Waals surface area contributed by atoms with Gasteiger partial charge in [-0.15, -0.1) is 0 Å². The molecule has 0 radical (unpaired) electrons. The normalized spacial score (nSPS) is 18.8. The van der Waals surface area contributed by atoms with Gasteiger partial charge >= 0.3 is 0 Å². The van der Waals surface area contributed by atoms with Crippen LogP contribution in [-0.4, -0.2) is 16.6 Å². The SMILES string of the molecule is O=C=NC1(Cc2ccccn2)CCCCC1. The van der Waals surface area contributed by atoms with Crippen molar-refractivity contribution in [1.29, 1.82) is 0 Å². The summed E-state index contributed by atoms with van der Waals surface area (Å²) >= 11 is 0. The summed E-state index contributed by atoms with van der Waals surface area (Å²) in [6.45, 7) is 0. The third-order valence-electron chi connectivity index (χ3n) is 3.30.